The predicted octanol–water partition coefficient (Wildman–Crippen LogP) is 2.84. The molecule has 0 amide bonds. The van der Waals surface area contributed by atoms with E-state index in [1.165, 1.54) is 6.33 Å². The number of rotatable bonds is 2. The second-order valence-corrected chi connectivity index (χ2v) is 4.27. The lowest BCUT2D eigenvalue weighted by molar-refractivity contribution is 0.602. The van der Waals surface area contributed by atoms with E-state index in [-0.39, 0.29) is 22.7 Å². The fraction of sp³-hybridized carbons (Fsp3) is 0.231. The maximum absolute atomic E-state index is 13.7. The number of aromatic nitrogens is 2. The van der Waals surface area contributed by atoms with E-state index < -0.39 is 11.6 Å². The van der Waals surface area contributed by atoms with E-state index in [1.54, 1.807) is 13.8 Å². The second-order valence-electron chi connectivity index (χ2n) is 4.27. The Balaban J connectivity index is 2.75. The number of benzene rings is 1. The zero-order valence-corrected chi connectivity index (χ0v) is 10.00. The highest BCUT2D eigenvalue weighted by molar-refractivity contribution is 5.63. The third-order valence-electron chi connectivity index (χ3n) is 2.65. The quantitative estimate of drug-likeness (QED) is 0.890. The van der Waals surface area contributed by atoms with Crippen molar-refractivity contribution in [3.63, 3.8) is 0 Å². The summed E-state index contributed by atoms with van der Waals surface area (Å²) in [5.74, 6) is -1.31. The molecule has 0 aliphatic carbocycles. The molecule has 5 heteroatoms. The second kappa shape index (κ2) is 4.68. The Labute approximate surface area is 103 Å². The summed E-state index contributed by atoms with van der Waals surface area (Å²) < 4.78 is 26.9. The van der Waals surface area contributed by atoms with Crippen LogP contribution in [-0.4, -0.2) is 9.97 Å². The molecule has 2 rings (SSSR count). The highest BCUT2D eigenvalue weighted by Crippen LogP contribution is 2.26. The summed E-state index contributed by atoms with van der Waals surface area (Å²) >= 11 is 0. The summed E-state index contributed by atoms with van der Waals surface area (Å²) in [6.45, 7) is 3.60. The SMILES string of the molecule is CC(C)c1c(-c2cc(F)ccc2F)nc[nH]c1=O. The molecule has 0 bridgehead atoms. The molecular weight excluding hydrogens is 238 g/mol. The minimum absolute atomic E-state index is 0.00444. The zero-order chi connectivity index (χ0) is 13.3. The van der Waals surface area contributed by atoms with Crippen molar-refractivity contribution in [2.45, 2.75) is 19.8 Å². The Bertz CT molecular complexity index is 635. The summed E-state index contributed by atoms with van der Waals surface area (Å²) in [6, 6.07) is 3.10. The van der Waals surface area contributed by atoms with Crippen LogP contribution < -0.4 is 5.56 Å². The fourth-order valence-corrected chi connectivity index (χ4v) is 1.84. The molecule has 0 radical (unpaired) electrons. The smallest absolute Gasteiger partial charge is 0.254 e. The van der Waals surface area contributed by atoms with Crippen molar-refractivity contribution >= 4 is 0 Å². The largest absolute Gasteiger partial charge is 0.313 e. The first kappa shape index (κ1) is 12.4. The van der Waals surface area contributed by atoms with E-state index in [0.29, 0.717) is 5.56 Å². The summed E-state index contributed by atoms with van der Waals surface area (Å²) in [5, 5.41) is 0. The third kappa shape index (κ3) is 2.16. The Morgan fingerprint density at radius 1 is 1.28 bits per heavy atom. The first-order valence-corrected chi connectivity index (χ1v) is 5.53. The number of halogens is 2. The van der Waals surface area contributed by atoms with Crippen LogP contribution in [0.5, 0.6) is 0 Å². The lowest BCUT2D eigenvalue weighted by Crippen LogP contribution is -2.16. The van der Waals surface area contributed by atoms with E-state index in [9.17, 15) is 13.6 Å². The molecule has 0 aliphatic heterocycles. The van der Waals surface area contributed by atoms with Gasteiger partial charge >= 0.3 is 0 Å². The summed E-state index contributed by atoms with van der Waals surface area (Å²) in [7, 11) is 0. The minimum Gasteiger partial charge on any atom is -0.313 e. The average molecular weight is 250 g/mol. The molecular formula is C13H12F2N2O. The molecule has 0 fully saturated rings. The fourth-order valence-electron chi connectivity index (χ4n) is 1.84. The molecule has 1 heterocycles. The van der Waals surface area contributed by atoms with Crippen molar-refractivity contribution in [3.05, 3.63) is 52.1 Å². The van der Waals surface area contributed by atoms with E-state index in [0.717, 1.165) is 18.2 Å². The number of aromatic amines is 1. The van der Waals surface area contributed by atoms with Crippen LogP contribution in [0.1, 0.15) is 25.3 Å². The summed E-state index contributed by atoms with van der Waals surface area (Å²) in [5.41, 5.74) is 0.205. The van der Waals surface area contributed by atoms with Gasteiger partial charge in [-0.1, -0.05) is 13.8 Å². The van der Waals surface area contributed by atoms with Crippen molar-refractivity contribution in [2.24, 2.45) is 0 Å². The lowest BCUT2D eigenvalue weighted by Gasteiger charge is -2.10. The van der Waals surface area contributed by atoms with Crippen molar-refractivity contribution in [3.8, 4) is 11.3 Å². The van der Waals surface area contributed by atoms with Gasteiger partial charge in [-0.25, -0.2) is 13.8 Å². The molecule has 1 aromatic carbocycles. The number of hydrogen-bond donors (Lipinski definition) is 1. The normalized spacial score (nSPS) is 10.9. The van der Waals surface area contributed by atoms with Gasteiger partial charge in [-0.3, -0.25) is 4.79 Å². The van der Waals surface area contributed by atoms with E-state index in [1.807, 2.05) is 0 Å². The van der Waals surface area contributed by atoms with E-state index in [4.69, 9.17) is 0 Å². The van der Waals surface area contributed by atoms with Crippen LogP contribution in [0.3, 0.4) is 0 Å². The van der Waals surface area contributed by atoms with Crippen molar-refractivity contribution < 1.29 is 8.78 Å². The molecule has 3 nitrogen and oxygen atoms in total. The van der Waals surface area contributed by atoms with Crippen molar-refractivity contribution in [1.29, 1.82) is 0 Å². The minimum atomic E-state index is -0.601. The topological polar surface area (TPSA) is 45.8 Å². The van der Waals surface area contributed by atoms with Crippen molar-refractivity contribution in [1.82, 2.24) is 9.97 Å². The van der Waals surface area contributed by atoms with Gasteiger partial charge in [0.1, 0.15) is 11.6 Å². The Morgan fingerprint density at radius 3 is 2.67 bits per heavy atom. The maximum atomic E-state index is 13.7. The molecule has 1 N–H and O–H groups in total. The third-order valence-corrected chi connectivity index (χ3v) is 2.65. The number of nitrogens with one attached hydrogen (secondary N) is 1. The predicted molar refractivity (Wildman–Crippen MR) is 64.3 cm³/mol. The van der Waals surface area contributed by atoms with Gasteiger partial charge in [0.15, 0.2) is 0 Å². The molecule has 94 valence electrons. The summed E-state index contributed by atoms with van der Waals surface area (Å²) in [6.07, 6.45) is 1.19. The Kier molecular flexibility index (Phi) is 3.23. The Hall–Kier alpha value is -2.04. The molecule has 0 aliphatic rings. The highest BCUT2D eigenvalue weighted by atomic mass is 19.1. The van der Waals surface area contributed by atoms with Gasteiger partial charge in [0.2, 0.25) is 0 Å². The van der Waals surface area contributed by atoms with E-state index >= 15 is 0 Å². The molecule has 18 heavy (non-hydrogen) atoms. The standard InChI is InChI=1S/C13H12F2N2O/c1-7(2)11-12(16-6-17-13(11)18)9-5-8(14)3-4-10(9)15/h3-7H,1-2H3,(H,16,17,18). The summed E-state index contributed by atoms with van der Waals surface area (Å²) in [4.78, 5) is 18.2. The highest BCUT2D eigenvalue weighted by Gasteiger charge is 2.17. The average Bonchev–Trinajstić information content (AvgIpc) is 2.31. The van der Waals surface area contributed by atoms with Crippen LogP contribution in [0, 0.1) is 11.6 Å². The molecule has 0 saturated carbocycles. The molecule has 2 aromatic rings. The van der Waals surface area contributed by atoms with Gasteiger partial charge in [0.05, 0.1) is 12.0 Å². The monoisotopic (exact) mass is 250 g/mol. The lowest BCUT2D eigenvalue weighted by atomic mass is 9.98. The number of nitrogens with zero attached hydrogens (tertiary/aromatic N) is 1. The number of hydrogen-bond acceptors (Lipinski definition) is 2. The van der Waals surface area contributed by atoms with E-state index in [2.05, 4.69) is 9.97 Å². The van der Waals surface area contributed by atoms with Crippen LogP contribution in [0.2, 0.25) is 0 Å². The van der Waals surface area contributed by atoms with Gasteiger partial charge < -0.3 is 4.98 Å². The van der Waals surface area contributed by atoms with Crippen LogP contribution in [-0.2, 0) is 0 Å². The first-order chi connectivity index (χ1) is 8.50. The first-order valence-electron chi connectivity index (χ1n) is 5.53. The van der Waals surface area contributed by atoms with Gasteiger partial charge in [-0.2, -0.15) is 0 Å². The van der Waals surface area contributed by atoms with Crippen LogP contribution in [0.15, 0.2) is 29.3 Å². The number of H-pyrrole nitrogens is 1. The van der Waals surface area contributed by atoms with Gasteiger partial charge in [-0.05, 0) is 24.1 Å². The van der Waals surface area contributed by atoms with Crippen molar-refractivity contribution in [2.75, 3.05) is 0 Å². The van der Waals surface area contributed by atoms with Crippen LogP contribution >= 0.6 is 0 Å². The molecule has 0 spiro atoms. The van der Waals surface area contributed by atoms with Crippen LogP contribution in [0.25, 0.3) is 11.3 Å². The Morgan fingerprint density at radius 2 is 2.00 bits per heavy atom. The van der Waals surface area contributed by atoms with Gasteiger partial charge in [0.25, 0.3) is 5.56 Å². The van der Waals surface area contributed by atoms with Crippen LogP contribution in [0.4, 0.5) is 8.78 Å². The van der Waals surface area contributed by atoms with Gasteiger partial charge in [-0.15, -0.1) is 0 Å². The zero-order valence-electron chi connectivity index (χ0n) is 10.00. The molecule has 1 aromatic heterocycles. The molecule has 0 saturated heterocycles. The molecule has 0 unspecified atom stereocenters. The molecule has 0 atom stereocenters. The maximum Gasteiger partial charge on any atom is 0.254 e. The van der Waals surface area contributed by atoms with Gasteiger partial charge in [0, 0.05) is 11.1 Å².